The zero-order chi connectivity index (χ0) is 39.2. The minimum absolute atomic E-state index is 0.0186. The molecule has 1 aromatic carbocycles. The van der Waals surface area contributed by atoms with Crippen molar-refractivity contribution in [3.8, 4) is 5.75 Å². The monoisotopic (exact) mass is 740 g/mol. The van der Waals surface area contributed by atoms with Crippen LogP contribution in [0, 0.1) is 17.8 Å². The van der Waals surface area contributed by atoms with Crippen molar-refractivity contribution < 1.29 is 49.1 Å². The van der Waals surface area contributed by atoms with E-state index in [4.69, 9.17) is 4.74 Å². The Hall–Kier alpha value is -4.37. The minimum Gasteiger partial charge on any atom is -0.508 e. The number of Topliss-reactive ketones (excluding diaryl/α,β-unsaturated/α-hetero) is 1. The average Bonchev–Trinajstić information content (AvgIpc) is 3.11. The number of hydrazine groups is 1. The first-order valence-electron chi connectivity index (χ1n) is 18.3. The van der Waals surface area contributed by atoms with E-state index in [1.807, 2.05) is 0 Å². The Morgan fingerprint density at radius 1 is 1.08 bits per heavy atom. The molecule has 14 nitrogen and oxygen atoms in total. The number of phenolic OH excluding ortho intramolecular Hbond substituents is 1. The summed E-state index contributed by atoms with van der Waals surface area (Å²) in [6, 6.07) is 2.98. The number of nitrogens with zero attached hydrogens (tertiary/aromatic N) is 1. The van der Waals surface area contributed by atoms with Crippen LogP contribution in [0.15, 0.2) is 60.2 Å². The van der Waals surface area contributed by atoms with Gasteiger partial charge in [0.25, 0.3) is 5.91 Å². The first-order valence-corrected chi connectivity index (χ1v) is 18.3. The van der Waals surface area contributed by atoms with Gasteiger partial charge in [-0.3, -0.25) is 24.2 Å². The molecule has 1 fully saturated rings. The van der Waals surface area contributed by atoms with E-state index < -0.39 is 77.9 Å². The van der Waals surface area contributed by atoms with E-state index in [9.17, 15) is 44.4 Å². The van der Waals surface area contributed by atoms with Gasteiger partial charge < -0.3 is 40.6 Å². The first-order chi connectivity index (χ1) is 25.1. The maximum Gasteiger partial charge on any atom is 0.325 e. The highest BCUT2D eigenvalue weighted by molar-refractivity contribution is 5.93. The number of ether oxygens (including phenoxy) is 1. The van der Waals surface area contributed by atoms with E-state index in [0.29, 0.717) is 24.0 Å². The van der Waals surface area contributed by atoms with Gasteiger partial charge >= 0.3 is 5.97 Å². The van der Waals surface area contributed by atoms with Crippen LogP contribution in [0.3, 0.4) is 0 Å². The first kappa shape index (κ1) is 43.0. The lowest BCUT2D eigenvalue weighted by Gasteiger charge is -2.36. The highest BCUT2D eigenvalue weighted by Crippen LogP contribution is 2.24. The number of fused-ring (bicyclic) bond motifs is 2. The Balaban J connectivity index is 2.06. The number of hydrogen-bond donors (Lipinski definition) is 7. The van der Waals surface area contributed by atoms with Gasteiger partial charge in [-0.15, -0.1) is 0 Å². The molecule has 0 spiro atoms. The Bertz CT molecular complexity index is 1520. The minimum atomic E-state index is -1.40. The smallest absolute Gasteiger partial charge is 0.325 e. The van der Waals surface area contributed by atoms with Crippen LogP contribution in [0.5, 0.6) is 5.75 Å². The maximum absolute atomic E-state index is 14.2. The quantitative estimate of drug-likeness (QED) is 0.151. The second kappa shape index (κ2) is 20.8. The van der Waals surface area contributed by atoms with Gasteiger partial charge in [0.1, 0.15) is 35.8 Å². The molecule has 1 unspecified atom stereocenters. The van der Waals surface area contributed by atoms with Crippen molar-refractivity contribution in [2.75, 3.05) is 13.2 Å². The molecule has 7 N–H and O–H groups in total. The number of aromatic hydroxyl groups is 1. The van der Waals surface area contributed by atoms with Crippen LogP contribution >= 0.6 is 0 Å². The number of aliphatic hydroxyl groups excluding tert-OH is 3. The standard InChI is InChI=1S/C39H56N4O10/c1-23(2)34-37(50)40-31(22-27-11-9-12-28(46)21-27)38(51)43-19-10-13-30(42-43)39(52)53-33(24(3)18-20-44)15-8-6-7-14-32(47)26(5)35(48)29(36(49)41-34)17-16-25(4)45/h6-9,11-12,14,18,21,23,26,29-35,42,44,46-48H,10,13,15-17,19-20,22H2,1-5H3,(H,40,50)(H,41,49)/t26-,29+,30?,31-,32-,33-,34-,35+/m0/s1. The van der Waals surface area contributed by atoms with Gasteiger partial charge in [-0.25, -0.2) is 5.43 Å². The summed E-state index contributed by atoms with van der Waals surface area (Å²) in [4.78, 5) is 67.4. The molecule has 0 radical (unpaired) electrons. The predicted octanol–water partition coefficient (Wildman–Crippen LogP) is 1.77. The Kier molecular flexibility index (Phi) is 16.9. The number of aliphatic hydroxyl groups is 3. The molecule has 1 saturated heterocycles. The van der Waals surface area contributed by atoms with Gasteiger partial charge in [0, 0.05) is 31.7 Å². The molecule has 3 amide bonds. The summed E-state index contributed by atoms with van der Waals surface area (Å²) in [5.74, 6) is -5.28. The lowest BCUT2D eigenvalue weighted by atomic mass is 9.84. The van der Waals surface area contributed by atoms with Gasteiger partial charge in [0.2, 0.25) is 11.8 Å². The zero-order valence-electron chi connectivity index (χ0n) is 31.2. The molecule has 2 aliphatic heterocycles. The van der Waals surface area contributed by atoms with Crippen molar-refractivity contribution in [2.45, 2.75) is 110 Å². The van der Waals surface area contributed by atoms with E-state index >= 15 is 0 Å². The third-order valence-electron chi connectivity index (χ3n) is 9.67. The molecule has 53 heavy (non-hydrogen) atoms. The molecule has 0 saturated carbocycles. The Morgan fingerprint density at radius 3 is 2.47 bits per heavy atom. The molecule has 292 valence electrons. The van der Waals surface area contributed by atoms with E-state index in [-0.39, 0.29) is 50.4 Å². The average molecular weight is 741 g/mol. The van der Waals surface area contributed by atoms with Crippen LogP contribution < -0.4 is 16.1 Å². The highest BCUT2D eigenvalue weighted by atomic mass is 16.5. The molecule has 0 aliphatic carbocycles. The molecule has 2 aliphatic rings. The molecule has 0 aromatic heterocycles. The fourth-order valence-corrected chi connectivity index (χ4v) is 6.32. The number of allylic oxidation sites excluding steroid dienone is 2. The van der Waals surface area contributed by atoms with Crippen molar-refractivity contribution in [2.24, 2.45) is 17.8 Å². The molecule has 8 atom stereocenters. The van der Waals surface area contributed by atoms with Crippen LogP contribution in [0.2, 0.25) is 0 Å². The zero-order valence-corrected chi connectivity index (χ0v) is 31.2. The van der Waals surface area contributed by atoms with Gasteiger partial charge in [-0.1, -0.05) is 63.3 Å². The summed E-state index contributed by atoms with van der Waals surface area (Å²) in [5, 5.41) is 48.7. The summed E-state index contributed by atoms with van der Waals surface area (Å²) >= 11 is 0. The van der Waals surface area contributed by atoms with Crippen LogP contribution in [-0.4, -0.2) is 104 Å². The van der Waals surface area contributed by atoms with Crippen LogP contribution in [0.1, 0.15) is 72.3 Å². The lowest BCUT2D eigenvalue weighted by Crippen LogP contribution is -2.62. The number of benzene rings is 1. The number of amides is 3. The molecular weight excluding hydrogens is 684 g/mol. The largest absolute Gasteiger partial charge is 0.508 e. The van der Waals surface area contributed by atoms with Crippen LogP contribution in [0.25, 0.3) is 0 Å². The number of ketones is 1. The normalized spacial score (nSPS) is 28.8. The molecule has 3 rings (SSSR count). The van der Waals surface area contributed by atoms with Crippen molar-refractivity contribution in [1.29, 1.82) is 0 Å². The summed E-state index contributed by atoms with van der Waals surface area (Å²) in [6.07, 6.45) is 5.51. The number of rotatable bonds is 8. The number of carbonyl (C=O) groups is 5. The molecule has 2 bridgehead atoms. The summed E-state index contributed by atoms with van der Waals surface area (Å²) in [7, 11) is 0. The molecule has 14 heteroatoms. The van der Waals surface area contributed by atoms with Gasteiger partial charge in [-0.2, -0.15) is 0 Å². The third-order valence-corrected chi connectivity index (χ3v) is 9.67. The van der Waals surface area contributed by atoms with E-state index in [2.05, 4.69) is 16.1 Å². The fraction of sp³-hybridized carbons (Fsp3) is 0.564. The number of cyclic esters (lactones) is 1. The fourth-order valence-electron chi connectivity index (χ4n) is 6.32. The van der Waals surface area contributed by atoms with E-state index in [1.165, 1.54) is 36.2 Å². The number of esters is 1. The summed E-state index contributed by atoms with van der Waals surface area (Å²) in [6.45, 7) is 8.03. The van der Waals surface area contributed by atoms with Gasteiger partial charge in [-0.05, 0) is 62.3 Å². The third kappa shape index (κ3) is 12.9. The van der Waals surface area contributed by atoms with Crippen molar-refractivity contribution in [3.05, 3.63) is 65.8 Å². The highest BCUT2D eigenvalue weighted by Gasteiger charge is 2.38. The van der Waals surface area contributed by atoms with Crippen LogP contribution in [-0.2, 0) is 35.1 Å². The van der Waals surface area contributed by atoms with Crippen molar-refractivity contribution >= 4 is 29.5 Å². The van der Waals surface area contributed by atoms with Gasteiger partial charge in [0.15, 0.2) is 0 Å². The molecule has 1 aromatic rings. The van der Waals surface area contributed by atoms with E-state index in [0.717, 1.165) is 0 Å². The number of nitrogens with one attached hydrogen (secondary N) is 3. The summed E-state index contributed by atoms with van der Waals surface area (Å²) in [5.41, 5.74) is 4.11. The topological polar surface area (TPSA) is 215 Å². The summed E-state index contributed by atoms with van der Waals surface area (Å²) < 4.78 is 5.87. The van der Waals surface area contributed by atoms with Crippen molar-refractivity contribution in [3.63, 3.8) is 0 Å². The second-order valence-electron chi connectivity index (χ2n) is 14.3. The SMILES string of the molecule is CC(=O)CC[C@H]1C(=O)N[C@@H](C(C)C)C(=O)N[C@@H](Cc2cccc(O)c2)C(=O)N2CCCC(N2)C(=O)O[C@H](C(C)=CCO)CC=CC=C[C@H](O)[C@H](C)[C@H]1O. The Morgan fingerprint density at radius 2 is 1.81 bits per heavy atom. The number of phenols is 1. The second-order valence-corrected chi connectivity index (χ2v) is 14.3. The van der Waals surface area contributed by atoms with Crippen LogP contribution in [0.4, 0.5) is 0 Å². The van der Waals surface area contributed by atoms with Gasteiger partial charge in [0.05, 0.1) is 24.7 Å². The number of carbonyl (C=O) groups excluding carboxylic acids is 5. The maximum atomic E-state index is 14.2. The van der Waals surface area contributed by atoms with Crippen molar-refractivity contribution in [1.82, 2.24) is 21.1 Å². The number of hydrogen-bond acceptors (Lipinski definition) is 11. The molecular formula is C39H56N4O10. The van der Waals surface area contributed by atoms with E-state index in [1.54, 1.807) is 58.1 Å². The Labute approximate surface area is 311 Å². The predicted molar refractivity (Wildman–Crippen MR) is 197 cm³/mol. The lowest BCUT2D eigenvalue weighted by molar-refractivity contribution is -0.156. The molecule has 2 heterocycles.